The van der Waals surface area contributed by atoms with Crippen LogP contribution in [0.25, 0.3) is 11.8 Å². The molecule has 0 aliphatic carbocycles. The minimum absolute atomic E-state index is 0.129. The lowest BCUT2D eigenvalue weighted by Crippen LogP contribution is -2.54. The van der Waals surface area contributed by atoms with Crippen molar-refractivity contribution in [3.8, 4) is 11.4 Å². The highest BCUT2D eigenvalue weighted by Gasteiger charge is 2.37. The number of carbonyl (C=O) groups excluding carboxylic acids is 3. The number of carbonyl (C=O) groups is 3. The number of barbiturate groups is 1. The Labute approximate surface area is 202 Å². The molecule has 7 nitrogen and oxygen atoms in total. The summed E-state index contributed by atoms with van der Waals surface area (Å²) >= 11 is 6.22. The maximum atomic E-state index is 13.3. The van der Waals surface area contributed by atoms with E-state index >= 15 is 0 Å². The van der Waals surface area contributed by atoms with E-state index in [1.165, 1.54) is 6.08 Å². The zero-order chi connectivity index (χ0) is 24.7. The summed E-state index contributed by atoms with van der Waals surface area (Å²) in [5.74, 6) is -0.786. The van der Waals surface area contributed by atoms with Gasteiger partial charge in [0.15, 0.2) is 0 Å². The molecule has 4 rings (SSSR count). The van der Waals surface area contributed by atoms with Gasteiger partial charge in [-0.25, -0.2) is 9.69 Å². The quantitative estimate of drug-likeness (QED) is 0.421. The van der Waals surface area contributed by atoms with E-state index in [1.807, 2.05) is 44.4 Å². The van der Waals surface area contributed by atoms with Crippen molar-refractivity contribution in [1.29, 1.82) is 0 Å². The Hall–Kier alpha value is -3.84. The predicted molar refractivity (Wildman–Crippen MR) is 132 cm³/mol. The first-order valence-corrected chi connectivity index (χ1v) is 11.0. The van der Waals surface area contributed by atoms with Crippen molar-refractivity contribution < 1.29 is 19.1 Å². The third-order valence-electron chi connectivity index (χ3n) is 6.00. The number of anilines is 1. The summed E-state index contributed by atoms with van der Waals surface area (Å²) in [5.41, 5.74) is 5.27. The van der Waals surface area contributed by atoms with Crippen LogP contribution in [-0.4, -0.2) is 29.5 Å². The van der Waals surface area contributed by atoms with Crippen LogP contribution in [0.3, 0.4) is 0 Å². The Balaban J connectivity index is 1.80. The number of hydrogen-bond acceptors (Lipinski definition) is 4. The zero-order valence-corrected chi connectivity index (χ0v) is 20.3. The van der Waals surface area contributed by atoms with Crippen LogP contribution in [0.15, 0.2) is 48.0 Å². The molecule has 0 radical (unpaired) electrons. The highest BCUT2D eigenvalue weighted by Crippen LogP contribution is 2.32. The van der Waals surface area contributed by atoms with Crippen molar-refractivity contribution >= 4 is 41.2 Å². The molecular weight excluding hydrogens is 454 g/mol. The number of benzene rings is 2. The van der Waals surface area contributed by atoms with Gasteiger partial charge in [0.25, 0.3) is 11.8 Å². The molecule has 1 aliphatic heterocycles. The number of amides is 4. The van der Waals surface area contributed by atoms with Crippen molar-refractivity contribution in [2.75, 3.05) is 12.0 Å². The van der Waals surface area contributed by atoms with Gasteiger partial charge in [-0.05, 0) is 86.9 Å². The smallest absolute Gasteiger partial charge is 0.335 e. The summed E-state index contributed by atoms with van der Waals surface area (Å²) in [6.07, 6.45) is 1.51. The molecule has 2 heterocycles. The van der Waals surface area contributed by atoms with Crippen LogP contribution in [0.1, 0.15) is 28.1 Å². The van der Waals surface area contributed by atoms with Gasteiger partial charge in [-0.1, -0.05) is 17.7 Å². The van der Waals surface area contributed by atoms with Crippen molar-refractivity contribution in [3.63, 3.8) is 0 Å². The number of urea groups is 1. The summed E-state index contributed by atoms with van der Waals surface area (Å²) in [6, 6.07) is 11.7. The molecule has 0 spiro atoms. The number of methoxy groups -OCH3 is 1. The first-order valence-electron chi connectivity index (χ1n) is 10.6. The Morgan fingerprint density at radius 2 is 1.68 bits per heavy atom. The molecule has 174 valence electrons. The van der Waals surface area contributed by atoms with Gasteiger partial charge in [0.05, 0.1) is 18.5 Å². The third-order valence-corrected chi connectivity index (χ3v) is 6.24. The second-order valence-electron chi connectivity index (χ2n) is 8.20. The van der Waals surface area contributed by atoms with E-state index in [1.54, 1.807) is 37.4 Å². The largest absolute Gasteiger partial charge is 0.495 e. The van der Waals surface area contributed by atoms with Gasteiger partial charge in [-0.15, -0.1) is 0 Å². The average molecular weight is 478 g/mol. The van der Waals surface area contributed by atoms with E-state index in [9.17, 15) is 14.4 Å². The van der Waals surface area contributed by atoms with Crippen LogP contribution in [0.2, 0.25) is 5.02 Å². The number of nitrogens with zero attached hydrogens (tertiary/aromatic N) is 2. The molecule has 0 atom stereocenters. The Bertz CT molecular complexity index is 1390. The minimum Gasteiger partial charge on any atom is -0.495 e. The average Bonchev–Trinajstić information content (AvgIpc) is 3.06. The maximum absolute atomic E-state index is 13.3. The molecular formula is C26H24ClN3O4. The summed E-state index contributed by atoms with van der Waals surface area (Å²) < 4.78 is 7.43. The highest BCUT2D eigenvalue weighted by molar-refractivity contribution is 6.39. The molecule has 4 amide bonds. The van der Waals surface area contributed by atoms with Crippen LogP contribution in [0.5, 0.6) is 5.75 Å². The van der Waals surface area contributed by atoms with Gasteiger partial charge in [0, 0.05) is 16.4 Å². The van der Waals surface area contributed by atoms with Crippen molar-refractivity contribution in [2.24, 2.45) is 0 Å². The summed E-state index contributed by atoms with van der Waals surface area (Å²) in [6.45, 7) is 7.61. The molecule has 1 fully saturated rings. The Morgan fingerprint density at radius 1 is 0.941 bits per heavy atom. The fourth-order valence-electron chi connectivity index (χ4n) is 4.05. The lowest BCUT2D eigenvalue weighted by atomic mass is 10.1. The van der Waals surface area contributed by atoms with Crippen LogP contribution < -0.4 is 15.0 Å². The lowest BCUT2D eigenvalue weighted by Gasteiger charge is -2.26. The number of nitrogens with one attached hydrogen (secondary N) is 1. The fraction of sp³-hybridized carbons (Fsp3) is 0.192. The molecule has 1 saturated heterocycles. The van der Waals surface area contributed by atoms with Crippen molar-refractivity contribution in [2.45, 2.75) is 27.7 Å². The fourth-order valence-corrected chi connectivity index (χ4v) is 4.22. The van der Waals surface area contributed by atoms with Gasteiger partial charge >= 0.3 is 6.03 Å². The number of hydrogen-bond donors (Lipinski definition) is 1. The number of imide groups is 2. The van der Waals surface area contributed by atoms with Crippen LogP contribution >= 0.6 is 11.6 Å². The predicted octanol–water partition coefficient (Wildman–Crippen LogP) is 5.04. The Morgan fingerprint density at radius 3 is 2.35 bits per heavy atom. The summed E-state index contributed by atoms with van der Waals surface area (Å²) in [7, 11) is 1.58. The van der Waals surface area contributed by atoms with Crippen LogP contribution in [-0.2, 0) is 9.59 Å². The SMILES string of the molecule is COc1ccc(Cl)cc1-n1c(C)cc(/C=C2\C(=O)NC(=O)N(c3ccc(C)c(C)c3)C2=O)c1C. The normalized spacial score (nSPS) is 15.2. The van der Waals surface area contributed by atoms with E-state index in [0.717, 1.165) is 33.1 Å². The summed E-state index contributed by atoms with van der Waals surface area (Å²) in [4.78, 5) is 39.5. The molecule has 0 unspecified atom stereocenters. The maximum Gasteiger partial charge on any atom is 0.335 e. The van der Waals surface area contributed by atoms with Gasteiger partial charge < -0.3 is 9.30 Å². The summed E-state index contributed by atoms with van der Waals surface area (Å²) in [5, 5.41) is 2.82. The number of rotatable bonds is 4. The van der Waals surface area contributed by atoms with Gasteiger partial charge in [-0.2, -0.15) is 0 Å². The Kier molecular flexibility index (Phi) is 6.06. The number of aromatic nitrogens is 1. The molecule has 2 aromatic carbocycles. The first kappa shape index (κ1) is 23.3. The van der Waals surface area contributed by atoms with E-state index in [2.05, 4.69) is 5.32 Å². The molecule has 1 aliphatic rings. The number of aryl methyl sites for hydroxylation is 3. The monoisotopic (exact) mass is 477 g/mol. The standard InChI is InChI=1S/C26H24ClN3O4/c1-14-6-8-20(10-15(14)2)30-25(32)21(24(31)28-26(30)33)12-18-11-16(3)29(17(18)4)22-13-19(27)7-9-23(22)34-5/h6-13H,1-5H3,(H,28,31,33)/b21-12+. The number of halogens is 1. The topological polar surface area (TPSA) is 80.6 Å². The number of ether oxygens (including phenoxy) is 1. The van der Waals surface area contributed by atoms with E-state index in [-0.39, 0.29) is 5.57 Å². The molecule has 1 aromatic heterocycles. The molecule has 34 heavy (non-hydrogen) atoms. The first-order chi connectivity index (χ1) is 16.1. The van der Waals surface area contributed by atoms with Crippen molar-refractivity contribution in [1.82, 2.24) is 9.88 Å². The van der Waals surface area contributed by atoms with Crippen LogP contribution in [0.4, 0.5) is 10.5 Å². The van der Waals surface area contributed by atoms with E-state index < -0.39 is 17.8 Å². The second-order valence-corrected chi connectivity index (χ2v) is 8.64. The molecule has 1 N–H and O–H groups in total. The van der Waals surface area contributed by atoms with Gasteiger partial charge in [0.1, 0.15) is 11.3 Å². The molecule has 0 saturated carbocycles. The second kappa shape index (κ2) is 8.83. The molecule has 8 heteroatoms. The minimum atomic E-state index is -0.774. The van der Waals surface area contributed by atoms with Gasteiger partial charge in [-0.3, -0.25) is 14.9 Å². The molecule has 0 bridgehead atoms. The lowest BCUT2D eigenvalue weighted by molar-refractivity contribution is -0.122. The molecule has 3 aromatic rings. The van der Waals surface area contributed by atoms with Gasteiger partial charge in [0.2, 0.25) is 0 Å². The van der Waals surface area contributed by atoms with Crippen molar-refractivity contribution in [3.05, 3.63) is 81.1 Å². The van der Waals surface area contributed by atoms with Crippen LogP contribution in [0, 0.1) is 27.7 Å². The zero-order valence-electron chi connectivity index (χ0n) is 19.5. The van der Waals surface area contributed by atoms with E-state index in [0.29, 0.717) is 22.0 Å². The third kappa shape index (κ3) is 3.99. The highest BCUT2D eigenvalue weighted by atomic mass is 35.5. The van der Waals surface area contributed by atoms with E-state index in [4.69, 9.17) is 16.3 Å².